The number of aromatic hydroxyl groups is 1. The highest BCUT2D eigenvalue weighted by atomic mass is 16.3. The van der Waals surface area contributed by atoms with Crippen molar-refractivity contribution in [1.82, 2.24) is 0 Å². The minimum atomic E-state index is -1.04. The molecule has 6 nitrogen and oxygen atoms in total. The first-order chi connectivity index (χ1) is 15.9. The van der Waals surface area contributed by atoms with Crippen molar-refractivity contribution in [2.24, 2.45) is 0 Å². The zero-order valence-corrected chi connectivity index (χ0v) is 18.1. The summed E-state index contributed by atoms with van der Waals surface area (Å²) in [7, 11) is 0. The van der Waals surface area contributed by atoms with Crippen LogP contribution in [-0.2, 0) is 9.59 Å². The minimum absolute atomic E-state index is 0.0911. The summed E-state index contributed by atoms with van der Waals surface area (Å²) in [5.74, 6) is -1.24. The van der Waals surface area contributed by atoms with Crippen molar-refractivity contribution < 1.29 is 24.2 Å². The number of aryl methyl sites for hydroxylation is 2. The first-order valence-corrected chi connectivity index (χ1v) is 10.5. The molecule has 6 heteroatoms. The van der Waals surface area contributed by atoms with Crippen molar-refractivity contribution in [3.8, 4) is 5.75 Å². The van der Waals surface area contributed by atoms with E-state index in [9.17, 15) is 19.8 Å². The fourth-order valence-electron chi connectivity index (χ4n) is 4.35. The number of Topliss-reactive ketones (excluding diaryl/α,β-unsaturated/α-hetero) is 1. The summed E-state index contributed by atoms with van der Waals surface area (Å²) in [6.45, 7) is 3.58. The molecule has 1 unspecified atom stereocenters. The second kappa shape index (κ2) is 7.67. The molecule has 0 spiro atoms. The number of aliphatic hydroxyl groups excluding tert-OH is 1. The monoisotopic (exact) mass is 439 g/mol. The second-order valence-corrected chi connectivity index (χ2v) is 8.14. The smallest absolute Gasteiger partial charge is 0.300 e. The molecule has 1 aliphatic heterocycles. The number of anilines is 1. The van der Waals surface area contributed by atoms with Gasteiger partial charge < -0.3 is 14.6 Å². The fourth-order valence-corrected chi connectivity index (χ4v) is 4.35. The molecule has 0 aliphatic carbocycles. The zero-order valence-electron chi connectivity index (χ0n) is 18.1. The van der Waals surface area contributed by atoms with E-state index in [1.165, 1.54) is 11.0 Å². The normalized spacial score (nSPS) is 17.8. The lowest BCUT2D eigenvalue weighted by Gasteiger charge is -2.24. The molecule has 0 saturated carbocycles. The summed E-state index contributed by atoms with van der Waals surface area (Å²) in [5, 5.41) is 23.6. The molecule has 2 N–H and O–H groups in total. The Bertz CT molecular complexity index is 1460. The number of phenolic OH excluding ortho intramolecular Hbond substituents is 1. The molecular weight excluding hydrogens is 418 g/mol. The molecule has 1 aromatic heterocycles. The molecule has 33 heavy (non-hydrogen) atoms. The van der Waals surface area contributed by atoms with Gasteiger partial charge in [-0.1, -0.05) is 48.5 Å². The minimum Gasteiger partial charge on any atom is -0.507 e. The molecule has 0 bridgehead atoms. The van der Waals surface area contributed by atoms with E-state index in [-0.39, 0.29) is 22.8 Å². The molecule has 1 amide bonds. The third kappa shape index (κ3) is 3.27. The van der Waals surface area contributed by atoms with E-state index < -0.39 is 17.7 Å². The number of phenols is 1. The maximum absolute atomic E-state index is 13.3. The maximum atomic E-state index is 13.3. The lowest BCUT2D eigenvalue weighted by Crippen LogP contribution is -2.29. The van der Waals surface area contributed by atoms with E-state index in [1.807, 2.05) is 37.3 Å². The highest BCUT2D eigenvalue weighted by Crippen LogP contribution is 2.45. The lowest BCUT2D eigenvalue weighted by atomic mass is 9.96. The molecule has 1 aliphatic rings. The molecule has 2 heterocycles. The first-order valence-electron chi connectivity index (χ1n) is 10.5. The Morgan fingerprint density at radius 2 is 1.70 bits per heavy atom. The first kappa shape index (κ1) is 20.6. The number of hydrogen-bond acceptors (Lipinski definition) is 5. The van der Waals surface area contributed by atoms with Crippen molar-refractivity contribution in [3.05, 3.63) is 101 Å². The Balaban J connectivity index is 1.79. The topological polar surface area (TPSA) is 91.0 Å². The summed E-state index contributed by atoms with van der Waals surface area (Å²) >= 11 is 0. The number of benzene rings is 3. The Morgan fingerprint density at radius 3 is 2.45 bits per heavy atom. The SMILES string of the molecule is Cc1ccc(O)c(N2C(=O)C(=O)/C(=C(\O)c3cccc4ccccc34)C2c2ccc(C)o2)c1. The van der Waals surface area contributed by atoms with Gasteiger partial charge in [-0.05, 0) is 54.4 Å². The summed E-state index contributed by atoms with van der Waals surface area (Å²) in [4.78, 5) is 27.7. The van der Waals surface area contributed by atoms with Gasteiger partial charge in [-0.25, -0.2) is 0 Å². The van der Waals surface area contributed by atoms with Gasteiger partial charge in [0, 0.05) is 5.56 Å². The lowest BCUT2D eigenvalue weighted by molar-refractivity contribution is -0.132. The van der Waals surface area contributed by atoms with Crippen LogP contribution < -0.4 is 4.90 Å². The highest BCUT2D eigenvalue weighted by molar-refractivity contribution is 6.52. The average molecular weight is 439 g/mol. The van der Waals surface area contributed by atoms with Gasteiger partial charge in [0.15, 0.2) is 0 Å². The van der Waals surface area contributed by atoms with Crippen LogP contribution in [0.15, 0.2) is 82.8 Å². The third-order valence-corrected chi connectivity index (χ3v) is 5.91. The standard InChI is InChI=1S/C27H21NO5/c1-15-10-12-21(29)20(14-15)28-24(22-13-11-16(2)33-22)23(26(31)27(28)32)25(30)19-9-5-7-17-6-3-4-8-18(17)19/h3-14,24,29-30H,1-2H3/b25-23-. The number of carbonyl (C=O) groups is 2. The molecule has 1 saturated heterocycles. The van der Waals surface area contributed by atoms with Gasteiger partial charge >= 0.3 is 0 Å². The van der Waals surface area contributed by atoms with Crippen molar-refractivity contribution in [3.63, 3.8) is 0 Å². The Kier molecular flexibility index (Phi) is 4.78. The molecule has 3 aromatic carbocycles. The number of ketones is 1. The number of aliphatic hydroxyl groups is 1. The molecule has 5 rings (SSSR count). The van der Waals surface area contributed by atoms with Crippen LogP contribution in [-0.4, -0.2) is 21.9 Å². The summed E-state index contributed by atoms with van der Waals surface area (Å²) in [6.07, 6.45) is 0. The van der Waals surface area contributed by atoms with Crippen LogP contribution in [0.1, 0.15) is 28.7 Å². The Labute approximate surface area is 190 Å². The van der Waals surface area contributed by atoms with Gasteiger partial charge in [0.1, 0.15) is 29.1 Å². The van der Waals surface area contributed by atoms with E-state index in [0.29, 0.717) is 17.1 Å². The number of hydrogen-bond donors (Lipinski definition) is 2. The summed E-state index contributed by atoms with van der Waals surface area (Å²) in [6, 6.07) is 20.0. The predicted molar refractivity (Wildman–Crippen MR) is 125 cm³/mol. The molecule has 164 valence electrons. The quantitative estimate of drug-likeness (QED) is 0.254. The fraction of sp³-hybridized carbons (Fsp3) is 0.111. The van der Waals surface area contributed by atoms with Crippen LogP contribution in [0.25, 0.3) is 16.5 Å². The van der Waals surface area contributed by atoms with Crippen molar-refractivity contribution in [2.45, 2.75) is 19.9 Å². The van der Waals surface area contributed by atoms with E-state index in [2.05, 4.69) is 0 Å². The van der Waals surface area contributed by atoms with Crippen LogP contribution in [0.5, 0.6) is 5.75 Å². The van der Waals surface area contributed by atoms with Crippen LogP contribution in [0, 0.1) is 13.8 Å². The Morgan fingerprint density at radius 1 is 0.939 bits per heavy atom. The maximum Gasteiger partial charge on any atom is 0.300 e. The summed E-state index contributed by atoms with van der Waals surface area (Å²) < 4.78 is 5.82. The van der Waals surface area contributed by atoms with Crippen LogP contribution >= 0.6 is 0 Å². The zero-order chi connectivity index (χ0) is 23.3. The van der Waals surface area contributed by atoms with Gasteiger partial charge in [-0.2, -0.15) is 0 Å². The van der Waals surface area contributed by atoms with Crippen LogP contribution in [0.2, 0.25) is 0 Å². The van der Waals surface area contributed by atoms with Gasteiger partial charge in [0.25, 0.3) is 11.7 Å². The number of fused-ring (bicyclic) bond motifs is 1. The average Bonchev–Trinajstić information content (AvgIpc) is 3.35. The van der Waals surface area contributed by atoms with Crippen LogP contribution in [0.4, 0.5) is 5.69 Å². The van der Waals surface area contributed by atoms with Crippen molar-refractivity contribution >= 4 is 33.9 Å². The number of carbonyl (C=O) groups excluding carboxylic acids is 2. The second-order valence-electron chi connectivity index (χ2n) is 8.14. The van der Waals surface area contributed by atoms with E-state index in [4.69, 9.17) is 4.42 Å². The van der Waals surface area contributed by atoms with Gasteiger partial charge in [0.05, 0.1) is 11.3 Å². The number of rotatable bonds is 3. The third-order valence-electron chi connectivity index (χ3n) is 5.91. The molecule has 1 fully saturated rings. The van der Waals surface area contributed by atoms with E-state index in [0.717, 1.165) is 16.3 Å². The number of furan rings is 1. The molecule has 1 atom stereocenters. The van der Waals surface area contributed by atoms with Crippen LogP contribution in [0.3, 0.4) is 0 Å². The van der Waals surface area contributed by atoms with Gasteiger partial charge in [-0.15, -0.1) is 0 Å². The molecular formula is C27H21NO5. The molecule has 0 radical (unpaired) electrons. The Hall–Kier alpha value is -4.32. The van der Waals surface area contributed by atoms with Crippen molar-refractivity contribution in [2.75, 3.05) is 4.90 Å². The van der Waals surface area contributed by atoms with Crippen molar-refractivity contribution in [1.29, 1.82) is 0 Å². The van der Waals surface area contributed by atoms with E-state index >= 15 is 0 Å². The summed E-state index contributed by atoms with van der Waals surface area (Å²) in [5.41, 5.74) is 1.32. The van der Waals surface area contributed by atoms with Gasteiger partial charge in [0.2, 0.25) is 0 Å². The van der Waals surface area contributed by atoms with Gasteiger partial charge in [-0.3, -0.25) is 14.5 Å². The predicted octanol–water partition coefficient (Wildman–Crippen LogP) is 5.38. The number of amides is 1. The largest absolute Gasteiger partial charge is 0.507 e. The van der Waals surface area contributed by atoms with E-state index in [1.54, 1.807) is 43.3 Å². The number of nitrogens with zero attached hydrogens (tertiary/aromatic N) is 1. The highest BCUT2D eigenvalue weighted by Gasteiger charge is 2.49. The molecule has 4 aromatic rings.